The third-order valence-electron chi connectivity index (χ3n) is 4.67. The van der Waals surface area contributed by atoms with Crippen molar-refractivity contribution in [2.75, 3.05) is 0 Å². The number of phenols is 1. The Bertz CT molecular complexity index is 467. The molecule has 1 fully saturated rings. The molecule has 1 saturated carbocycles. The topological polar surface area (TPSA) is 32.3 Å². The number of benzene rings is 1. The van der Waals surface area contributed by atoms with Crippen LogP contribution in [0.15, 0.2) is 12.1 Å². The second kappa shape index (κ2) is 6.73. The normalized spacial score (nSPS) is 26.3. The van der Waals surface area contributed by atoms with Crippen LogP contribution in [0.25, 0.3) is 0 Å². The van der Waals surface area contributed by atoms with Crippen LogP contribution in [0.4, 0.5) is 8.78 Å². The van der Waals surface area contributed by atoms with Gasteiger partial charge in [-0.2, -0.15) is 0 Å². The fourth-order valence-electron chi connectivity index (χ4n) is 3.41. The smallest absolute Gasteiger partial charge is 0.187 e. The quantitative estimate of drug-likeness (QED) is 0.872. The van der Waals surface area contributed by atoms with E-state index in [9.17, 15) is 8.78 Å². The van der Waals surface area contributed by atoms with E-state index in [1.165, 1.54) is 25.0 Å². The van der Waals surface area contributed by atoms with Gasteiger partial charge in [0, 0.05) is 12.6 Å². The minimum atomic E-state index is -0.899. The molecule has 2 N–H and O–H groups in total. The molecule has 1 aromatic rings. The summed E-state index contributed by atoms with van der Waals surface area (Å²) in [4.78, 5) is 0. The van der Waals surface area contributed by atoms with Gasteiger partial charge in [-0.1, -0.05) is 27.2 Å². The maximum absolute atomic E-state index is 13.4. The van der Waals surface area contributed by atoms with Crippen LogP contribution < -0.4 is 5.32 Å². The van der Waals surface area contributed by atoms with Gasteiger partial charge < -0.3 is 10.4 Å². The number of halogens is 2. The van der Waals surface area contributed by atoms with Crippen LogP contribution >= 0.6 is 0 Å². The van der Waals surface area contributed by atoms with Gasteiger partial charge in [-0.3, -0.25) is 0 Å². The van der Waals surface area contributed by atoms with Crippen molar-refractivity contribution < 1.29 is 13.9 Å². The molecule has 0 bridgehead atoms. The summed E-state index contributed by atoms with van der Waals surface area (Å²) in [5.74, 6) is -0.805. The summed E-state index contributed by atoms with van der Waals surface area (Å²) in [6, 6.07) is 2.78. The fourth-order valence-corrected chi connectivity index (χ4v) is 3.41. The van der Waals surface area contributed by atoms with E-state index in [0.29, 0.717) is 35.9 Å². The average Bonchev–Trinajstić information content (AvgIpc) is 2.42. The van der Waals surface area contributed by atoms with Crippen LogP contribution in [0.2, 0.25) is 0 Å². The molecule has 0 spiro atoms. The Labute approximate surface area is 125 Å². The molecule has 1 aliphatic carbocycles. The van der Waals surface area contributed by atoms with Gasteiger partial charge in [-0.25, -0.2) is 8.78 Å². The molecule has 0 heterocycles. The number of phenolic OH excluding ortho intramolecular Hbond substituents is 1. The van der Waals surface area contributed by atoms with E-state index in [1.807, 2.05) is 0 Å². The lowest BCUT2D eigenvalue weighted by Crippen LogP contribution is -2.42. The minimum absolute atomic E-state index is 0.383. The first kappa shape index (κ1) is 16.2. The van der Waals surface area contributed by atoms with Crippen LogP contribution in [0.3, 0.4) is 0 Å². The predicted octanol–water partition coefficient (Wildman–Crippen LogP) is 4.22. The standard InChI is InChI=1S/C17H25F2NO/c1-10(2)13-5-4-11(3)6-16(13)20-9-12-7-14(18)17(21)15(19)8-12/h7-8,10-11,13,16,20-21H,4-6,9H2,1-3H3. The molecule has 3 unspecified atom stereocenters. The SMILES string of the molecule is CC1CCC(C(C)C)C(NCc2cc(F)c(O)c(F)c2)C1. The van der Waals surface area contributed by atoms with Crippen molar-refractivity contribution in [1.82, 2.24) is 5.32 Å². The summed E-state index contributed by atoms with van der Waals surface area (Å²) < 4.78 is 26.7. The van der Waals surface area contributed by atoms with Crippen LogP contribution in [0.5, 0.6) is 5.75 Å². The molecule has 1 aromatic carbocycles. The first-order valence-corrected chi connectivity index (χ1v) is 7.78. The predicted molar refractivity (Wildman–Crippen MR) is 80.0 cm³/mol. The summed E-state index contributed by atoms with van der Waals surface area (Å²) in [5.41, 5.74) is 0.531. The van der Waals surface area contributed by atoms with Gasteiger partial charge >= 0.3 is 0 Å². The number of aromatic hydroxyl groups is 1. The monoisotopic (exact) mass is 297 g/mol. The van der Waals surface area contributed by atoms with Crippen molar-refractivity contribution in [1.29, 1.82) is 0 Å². The zero-order chi connectivity index (χ0) is 15.6. The molecule has 0 amide bonds. The molecule has 4 heteroatoms. The molecule has 2 rings (SSSR count). The van der Waals surface area contributed by atoms with E-state index in [4.69, 9.17) is 5.11 Å². The highest BCUT2D eigenvalue weighted by molar-refractivity contribution is 5.30. The van der Waals surface area contributed by atoms with Gasteiger partial charge in [0.25, 0.3) is 0 Å². The van der Waals surface area contributed by atoms with Gasteiger partial charge in [0.05, 0.1) is 0 Å². The van der Waals surface area contributed by atoms with E-state index >= 15 is 0 Å². The lowest BCUT2D eigenvalue weighted by atomic mass is 9.74. The summed E-state index contributed by atoms with van der Waals surface area (Å²) in [7, 11) is 0. The van der Waals surface area contributed by atoms with Crippen molar-refractivity contribution >= 4 is 0 Å². The molecule has 118 valence electrons. The fraction of sp³-hybridized carbons (Fsp3) is 0.647. The van der Waals surface area contributed by atoms with Gasteiger partial charge in [0.15, 0.2) is 17.4 Å². The highest BCUT2D eigenvalue weighted by Gasteiger charge is 2.30. The second-order valence-corrected chi connectivity index (χ2v) is 6.72. The zero-order valence-electron chi connectivity index (χ0n) is 13.0. The summed E-state index contributed by atoms with van der Waals surface area (Å²) in [5, 5.41) is 12.6. The van der Waals surface area contributed by atoms with Gasteiger partial charge in [-0.15, -0.1) is 0 Å². The van der Waals surface area contributed by atoms with Gasteiger partial charge in [0.2, 0.25) is 0 Å². The minimum Gasteiger partial charge on any atom is -0.503 e. The molecular weight excluding hydrogens is 272 g/mol. The Morgan fingerprint density at radius 2 is 1.86 bits per heavy atom. The summed E-state index contributed by atoms with van der Waals surface area (Å²) in [6.07, 6.45) is 3.56. The Kier molecular flexibility index (Phi) is 5.20. The van der Waals surface area contributed by atoms with Crippen molar-refractivity contribution in [3.63, 3.8) is 0 Å². The molecule has 1 aliphatic rings. The molecule has 0 aromatic heterocycles. The third-order valence-corrected chi connectivity index (χ3v) is 4.67. The van der Waals surface area contributed by atoms with E-state index in [1.54, 1.807) is 0 Å². The van der Waals surface area contributed by atoms with E-state index in [2.05, 4.69) is 26.1 Å². The summed E-state index contributed by atoms with van der Waals surface area (Å²) >= 11 is 0. The lowest BCUT2D eigenvalue weighted by molar-refractivity contribution is 0.169. The molecule has 0 aliphatic heterocycles. The molecule has 0 saturated heterocycles. The Balaban J connectivity index is 2.03. The van der Waals surface area contributed by atoms with E-state index in [0.717, 1.165) is 6.42 Å². The van der Waals surface area contributed by atoms with Crippen LogP contribution in [0.1, 0.15) is 45.6 Å². The first-order valence-electron chi connectivity index (χ1n) is 7.78. The molecule has 2 nitrogen and oxygen atoms in total. The largest absolute Gasteiger partial charge is 0.503 e. The maximum Gasteiger partial charge on any atom is 0.187 e. The maximum atomic E-state index is 13.4. The van der Waals surface area contributed by atoms with Crippen molar-refractivity contribution in [2.45, 2.75) is 52.6 Å². The average molecular weight is 297 g/mol. The van der Waals surface area contributed by atoms with Crippen LogP contribution in [-0.2, 0) is 6.54 Å². The Morgan fingerprint density at radius 1 is 1.24 bits per heavy atom. The highest BCUT2D eigenvalue weighted by atomic mass is 19.1. The first-order chi connectivity index (χ1) is 9.88. The molecular formula is C17H25F2NO. The van der Waals surface area contributed by atoms with Crippen LogP contribution in [-0.4, -0.2) is 11.1 Å². The highest BCUT2D eigenvalue weighted by Crippen LogP contribution is 2.33. The van der Waals surface area contributed by atoms with Gasteiger partial charge in [-0.05, 0) is 48.3 Å². The zero-order valence-corrected chi connectivity index (χ0v) is 13.0. The van der Waals surface area contributed by atoms with Crippen molar-refractivity contribution in [3.8, 4) is 5.75 Å². The molecule has 0 radical (unpaired) electrons. The lowest BCUT2D eigenvalue weighted by Gasteiger charge is -2.38. The Hall–Kier alpha value is -1.16. The molecule has 21 heavy (non-hydrogen) atoms. The van der Waals surface area contributed by atoms with Crippen LogP contribution in [0, 0.1) is 29.4 Å². The third kappa shape index (κ3) is 3.94. The second-order valence-electron chi connectivity index (χ2n) is 6.72. The van der Waals surface area contributed by atoms with E-state index in [-0.39, 0.29) is 0 Å². The van der Waals surface area contributed by atoms with Gasteiger partial charge in [0.1, 0.15) is 0 Å². The number of hydrogen-bond acceptors (Lipinski definition) is 2. The number of hydrogen-bond donors (Lipinski definition) is 2. The summed E-state index contributed by atoms with van der Waals surface area (Å²) in [6.45, 7) is 7.14. The van der Waals surface area contributed by atoms with Crippen molar-refractivity contribution in [3.05, 3.63) is 29.3 Å². The number of rotatable bonds is 4. The number of nitrogens with one attached hydrogen (secondary N) is 1. The van der Waals surface area contributed by atoms with Crippen molar-refractivity contribution in [2.24, 2.45) is 17.8 Å². The van der Waals surface area contributed by atoms with E-state index < -0.39 is 17.4 Å². The molecule has 3 atom stereocenters. The Morgan fingerprint density at radius 3 is 2.43 bits per heavy atom.